The van der Waals surface area contributed by atoms with Crippen molar-refractivity contribution in [2.45, 2.75) is 5.92 Å². The van der Waals surface area contributed by atoms with Crippen LogP contribution in [-0.4, -0.2) is 15.4 Å². The Hall–Kier alpha value is -2.40. The third-order valence-electron chi connectivity index (χ3n) is 3.36. The number of hydrogen-bond donors (Lipinski definition) is 1. The van der Waals surface area contributed by atoms with E-state index in [4.69, 9.17) is 4.52 Å². The van der Waals surface area contributed by atoms with Gasteiger partial charge in [0.1, 0.15) is 6.26 Å². The molecule has 98 valence electrons. The molecule has 1 atom stereocenters. The van der Waals surface area contributed by atoms with E-state index in [2.05, 4.69) is 32.9 Å². The van der Waals surface area contributed by atoms with Crippen LogP contribution in [0, 0.1) is 0 Å². The van der Waals surface area contributed by atoms with Crippen molar-refractivity contribution in [2.24, 2.45) is 0 Å². The molecule has 0 aliphatic heterocycles. The number of hydrogen-bond acceptors (Lipinski definition) is 4. The van der Waals surface area contributed by atoms with E-state index in [-0.39, 0.29) is 5.92 Å². The third-order valence-corrected chi connectivity index (χ3v) is 4.30. The minimum absolute atomic E-state index is 0.0288. The van der Waals surface area contributed by atoms with Crippen LogP contribution in [0.25, 0.3) is 10.9 Å². The first-order valence-corrected chi connectivity index (χ1v) is 7.18. The van der Waals surface area contributed by atoms with Gasteiger partial charge in [-0.05, 0) is 17.5 Å². The summed E-state index contributed by atoms with van der Waals surface area (Å²) in [5.74, 6) is 0.0288. The number of aromatic nitrogens is 3. The maximum absolute atomic E-state index is 5.02. The largest absolute Gasteiger partial charge is 0.364 e. The molecule has 5 heteroatoms. The minimum Gasteiger partial charge on any atom is -0.364 e. The van der Waals surface area contributed by atoms with E-state index in [9.17, 15) is 0 Å². The normalized spacial score (nSPS) is 12.8. The van der Waals surface area contributed by atoms with E-state index in [0.717, 1.165) is 22.3 Å². The fourth-order valence-electron chi connectivity index (χ4n) is 2.46. The van der Waals surface area contributed by atoms with Gasteiger partial charge in [0, 0.05) is 16.3 Å². The van der Waals surface area contributed by atoms with Crippen LogP contribution < -0.4 is 0 Å². The number of para-hydroxylation sites is 1. The lowest BCUT2D eigenvalue weighted by molar-refractivity contribution is 0.410. The highest BCUT2D eigenvalue weighted by Gasteiger charge is 2.24. The van der Waals surface area contributed by atoms with Crippen LogP contribution in [0.3, 0.4) is 0 Å². The molecule has 0 fully saturated rings. The number of rotatable bonds is 3. The van der Waals surface area contributed by atoms with Crippen LogP contribution in [0.15, 0.2) is 58.6 Å². The van der Waals surface area contributed by atoms with E-state index >= 15 is 0 Å². The summed E-state index contributed by atoms with van der Waals surface area (Å²) in [6, 6.07) is 14.2. The summed E-state index contributed by atoms with van der Waals surface area (Å²) >= 11 is 1.71. The number of nitrogens with zero attached hydrogens (tertiary/aromatic N) is 2. The van der Waals surface area contributed by atoms with E-state index in [0.29, 0.717) is 0 Å². The molecule has 1 unspecified atom stereocenters. The molecule has 4 nitrogen and oxygen atoms in total. The van der Waals surface area contributed by atoms with E-state index < -0.39 is 0 Å². The van der Waals surface area contributed by atoms with Gasteiger partial charge in [-0.2, -0.15) is 5.10 Å². The SMILES string of the molecule is c1csc(C(c2ccon2)c2[nH]nc3ccccc23)c1. The molecule has 0 amide bonds. The molecular weight excluding hydrogens is 270 g/mol. The maximum atomic E-state index is 5.02. The molecule has 0 aliphatic rings. The third kappa shape index (κ3) is 1.75. The number of H-pyrrole nitrogens is 1. The molecule has 3 heterocycles. The fraction of sp³-hybridized carbons (Fsp3) is 0.0667. The first-order valence-electron chi connectivity index (χ1n) is 6.30. The van der Waals surface area contributed by atoms with E-state index in [1.165, 1.54) is 4.88 Å². The second-order valence-electron chi connectivity index (χ2n) is 4.53. The summed E-state index contributed by atoms with van der Waals surface area (Å²) in [7, 11) is 0. The van der Waals surface area contributed by atoms with Gasteiger partial charge in [-0.3, -0.25) is 5.10 Å². The molecule has 0 radical (unpaired) electrons. The number of thiophene rings is 1. The second kappa shape index (κ2) is 4.61. The van der Waals surface area contributed by atoms with Crippen LogP contribution in [0.2, 0.25) is 0 Å². The summed E-state index contributed by atoms with van der Waals surface area (Å²) in [6.07, 6.45) is 1.61. The Morgan fingerprint density at radius 1 is 1.10 bits per heavy atom. The predicted molar refractivity (Wildman–Crippen MR) is 77.9 cm³/mol. The smallest absolute Gasteiger partial charge is 0.124 e. The summed E-state index contributed by atoms with van der Waals surface area (Å²) in [5, 5.41) is 14.9. The molecule has 0 aliphatic carbocycles. The van der Waals surface area contributed by atoms with Gasteiger partial charge in [0.25, 0.3) is 0 Å². The van der Waals surface area contributed by atoms with Crippen LogP contribution in [0.5, 0.6) is 0 Å². The Morgan fingerprint density at radius 2 is 2.05 bits per heavy atom. The Balaban J connectivity index is 1.95. The van der Waals surface area contributed by atoms with Gasteiger partial charge >= 0.3 is 0 Å². The van der Waals surface area contributed by atoms with Gasteiger partial charge in [-0.15, -0.1) is 11.3 Å². The summed E-state index contributed by atoms with van der Waals surface area (Å²) in [6.45, 7) is 0. The Bertz CT molecular complexity index is 784. The molecule has 4 rings (SSSR count). The van der Waals surface area contributed by atoms with Gasteiger partial charge in [0.05, 0.1) is 22.8 Å². The van der Waals surface area contributed by atoms with Crippen LogP contribution in [0.1, 0.15) is 22.2 Å². The molecule has 1 aromatic carbocycles. The average Bonchev–Trinajstić information content (AvgIpc) is 3.22. The van der Waals surface area contributed by atoms with Crippen molar-refractivity contribution in [3.8, 4) is 0 Å². The average molecular weight is 281 g/mol. The Kier molecular flexibility index (Phi) is 2.63. The zero-order valence-corrected chi connectivity index (χ0v) is 11.3. The Labute approximate surface area is 119 Å². The van der Waals surface area contributed by atoms with Gasteiger partial charge < -0.3 is 4.52 Å². The molecule has 0 spiro atoms. The number of fused-ring (bicyclic) bond motifs is 1. The molecule has 0 saturated carbocycles. The van der Waals surface area contributed by atoms with Crippen molar-refractivity contribution in [3.63, 3.8) is 0 Å². The monoisotopic (exact) mass is 281 g/mol. The Morgan fingerprint density at radius 3 is 2.85 bits per heavy atom. The van der Waals surface area contributed by atoms with Crippen LogP contribution in [-0.2, 0) is 0 Å². The van der Waals surface area contributed by atoms with Crippen molar-refractivity contribution in [1.82, 2.24) is 15.4 Å². The molecule has 4 aromatic rings. The minimum atomic E-state index is 0.0288. The van der Waals surface area contributed by atoms with Gasteiger partial charge in [0.2, 0.25) is 0 Å². The highest BCUT2D eigenvalue weighted by Crippen LogP contribution is 2.35. The fourth-order valence-corrected chi connectivity index (χ4v) is 3.31. The summed E-state index contributed by atoms with van der Waals surface area (Å²) < 4.78 is 5.02. The first kappa shape index (κ1) is 11.4. The van der Waals surface area contributed by atoms with Gasteiger partial charge in [-0.1, -0.05) is 29.4 Å². The summed E-state index contributed by atoms with van der Waals surface area (Å²) in [4.78, 5) is 1.22. The lowest BCUT2D eigenvalue weighted by Crippen LogP contribution is -2.02. The molecule has 1 N–H and O–H groups in total. The molecular formula is C15H11N3OS. The van der Waals surface area contributed by atoms with Crippen molar-refractivity contribution >= 4 is 22.2 Å². The van der Waals surface area contributed by atoms with Crippen molar-refractivity contribution in [2.75, 3.05) is 0 Å². The van der Waals surface area contributed by atoms with Crippen molar-refractivity contribution in [1.29, 1.82) is 0 Å². The van der Waals surface area contributed by atoms with E-state index in [1.807, 2.05) is 30.3 Å². The molecule has 0 bridgehead atoms. The topological polar surface area (TPSA) is 54.7 Å². The van der Waals surface area contributed by atoms with Crippen LogP contribution in [0.4, 0.5) is 0 Å². The molecule has 20 heavy (non-hydrogen) atoms. The number of benzene rings is 1. The zero-order valence-electron chi connectivity index (χ0n) is 10.5. The maximum Gasteiger partial charge on any atom is 0.124 e. The predicted octanol–water partition coefficient (Wildman–Crippen LogP) is 3.79. The molecule has 3 aromatic heterocycles. The summed E-state index contributed by atoms with van der Waals surface area (Å²) in [5.41, 5.74) is 2.91. The van der Waals surface area contributed by atoms with Gasteiger partial charge in [0.15, 0.2) is 0 Å². The highest BCUT2D eigenvalue weighted by atomic mass is 32.1. The quantitative estimate of drug-likeness (QED) is 0.621. The standard InChI is InChI=1S/C15H11N3OS/c1-2-5-11-10(4-1)15(17-16-11)14(12-7-8-19-18-12)13-6-3-9-20-13/h1-9,14H,(H,16,17). The first-order chi connectivity index (χ1) is 9.93. The van der Waals surface area contributed by atoms with Crippen molar-refractivity contribution in [3.05, 3.63) is 70.4 Å². The van der Waals surface area contributed by atoms with Crippen molar-refractivity contribution < 1.29 is 4.52 Å². The zero-order chi connectivity index (χ0) is 13.4. The highest BCUT2D eigenvalue weighted by molar-refractivity contribution is 7.10. The van der Waals surface area contributed by atoms with E-state index in [1.54, 1.807) is 17.6 Å². The second-order valence-corrected chi connectivity index (χ2v) is 5.51. The lowest BCUT2D eigenvalue weighted by atomic mass is 9.97. The van der Waals surface area contributed by atoms with Gasteiger partial charge in [-0.25, -0.2) is 0 Å². The molecule has 0 saturated heterocycles. The lowest BCUT2D eigenvalue weighted by Gasteiger charge is -2.11. The number of aromatic amines is 1. The van der Waals surface area contributed by atoms with Crippen LogP contribution >= 0.6 is 11.3 Å². The number of nitrogens with one attached hydrogen (secondary N) is 1.